The van der Waals surface area contributed by atoms with Crippen LogP contribution in [0.4, 0.5) is 0 Å². The highest BCUT2D eigenvalue weighted by Crippen LogP contribution is 2.12. The van der Waals surface area contributed by atoms with Crippen LogP contribution in [0.25, 0.3) is 10.4 Å². The number of carbonyl (C=O) groups is 1. The highest BCUT2D eigenvalue weighted by atomic mass is 79.9. The van der Waals surface area contributed by atoms with Crippen LogP contribution < -0.4 is 5.32 Å². The summed E-state index contributed by atoms with van der Waals surface area (Å²) in [4.78, 5) is 18.0. The molecule has 7 heteroatoms. The van der Waals surface area contributed by atoms with Gasteiger partial charge in [0.2, 0.25) is 0 Å². The summed E-state index contributed by atoms with van der Waals surface area (Å²) in [6.45, 7) is 0.526. The van der Waals surface area contributed by atoms with Crippen molar-refractivity contribution in [3.63, 3.8) is 0 Å². The van der Waals surface area contributed by atoms with Gasteiger partial charge in [0.15, 0.2) is 0 Å². The van der Waals surface area contributed by atoms with Crippen molar-refractivity contribution in [1.82, 2.24) is 10.3 Å². The number of rotatable bonds is 4. The first-order valence-corrected chi connectivity index (χ1v) is 4.94. The van der Waals surface area contributed by atoms with Crippen LogP contribution in [0.3, 0.4) is 0 Å². The van der Waals surface area contributed by atoms with Gasteiger partial charge in [0.05, 0.1) is 0 Å². The lowest BCUT2D eigenvalue weighted by Crippen LogP contribution is -2.27. The van der Waals surface area contributed by atoms with Gasteiger partial charge >= 0.3 is 0 Å². The van der Waals surface area contributed by atoms with E-state index >= 15 is 0 Å². The predicted octanol–water partition coefficient (Wildman–Crippen LogP) is 1.88. The number of amides is 1. The van der Waals surface area contributed by atoms with Crippen LogP contribution >= 0.6 is 15.9 Å². The van der Waals surface area contributed by atoms with Crippen LogP contribution in [-0.2, 0) is 0 Å². The Morgan fingerprint density at radius 3 is 3.20 bits per heavy atom. The summed E-state index contributed by atoms with van der Waals surface area (Å²) >= 11 is 3.21. The minimum atomic E-state index is -0.296. The Kier molecular flexibility index (Phi) is 4.59. The molecule has 15 heavy (non-hydrogen) atoms. The van der Waals surface area contributed by atoms with Gasteiger partial charge in [0.1, 0.15) is 5.69 Å². The number of nitrogens with zero attached hydrogens (tertiary/aromatic N) is 4. The normalized spacial score (nSPS) is 9.13. The third-order valence-corrected chi connectivity index (χ3v) is 2.17. The molecule has 6 nitrogen and oxygen atoms in total. The number of halogens is 1. The zero-order chi connectivity index (χ0) is 11.1. The van der Waals surface area contributed by atoms with Crippen molar-refractivity contribution in [3.05, 3.63) is 38.9 Å². The average molecular weight is 270 g/mol. The van der Waals surface area contributed by atoms with Crippen molar-refractivity contribution in [2.24, 2.45) is 5.11 Å². The smallest absolute Gasteiger partial charge is 0.271 e. The van der Waals surface area contributed by atoms with Crippen LogP contribution in [0.5, 0.6) is 0 Å². The summed E-state index contributed by atoms with van der Waals surface area (Å²) < 4.78 is 0.631. The minimum Gasteiger partial charge on any atom is -0.351 e. The predicted molar refractivity (Wildman–Crippen MR) is 58.3 cm³/mol. The van der Waals surface area contributed by atoms with Gasteiger partial charge in [0, 0.05) is 28.7 Å². The molecule has 1 aromatic heterocycles. The third kappa shape index (κ3) is 3.57. The van der Waals surface area contributed by atoms with Gasteiger partial charge < -0.3 is 5.32 Å². The molecule has 0 saturated carbocycles. The molecule has 0 spiro atoms. The Labute approximate surface area is 94.5 Å². The second-order valence-electron chi connectivity index (χ2n) is 2.54. The van der Waals surface area contributed by atoms with Crippen LogP contribution in [0.2, 0.25) is 0 Å². The Balaban J connectivity index is 2.54. The van der Waals surface area contributed by atoms with E-state index in [4.69, 9.17) is 5.53 Å². The molecule has 0 aliphatic heterocycles. The zero-order valence-electron chi connectivity index (χ0n) is 7.72. The fraction of sp³-hybridized carbons (Fsp3) is 0.250. The fourth-order valence-electron chi connectivity index (χ4n) is 0.901. The molecule has 1 amide bonds. The average Bonchev–Trinajstić information content (AvgIpc) is 2.25. The van der Waals surface area contributed by atoms with Gasteiger partial charge in [-0.25, -0.2) is 4.98 Å². The molecule has 1 heterocycles. The van der Waals surface area contributed by atoms with E-state index in [2.05, 4.69) is 36.3 Å². The Bertz CT molecular complexity index is 402. The fourth-order valence-corrected chi connectivity index (χ4v) is 1.34. The first kappa shape index (κ1) is 11.5. The molecular weight excluding hydrogens is 262 g/mol. The van der Waals surface area contributed by atoms with Gasteiger partial charge in [-0.3, -0.25) is 4.79 Å². The molecular formula is C8H8BrN5O. The number of hydrogen-bond acceptors (Lipinski definition) is 3. The molecule has 1 aromatic rings. The molecule has 0 saturated heterocycles. The van der Waals surface area contributed by atoms with Crippen molar-refractivity contribution in [2.75, 3.05) is 13.1 Å². The third-order valence-electron chi connectivity index (χ3n) is 1.53. The van der Waals surface area contributed by atoms with Crippen LogP contribution in [0.15, 0.2) is 27.9 Å². The highest BCUT2D eigenvalue weighted by molar-refractivity contribution is 9.10. The monoisotopic (exact) mass is 269 g/mol. The van der Waals surface area contributed by atoms with E-state index in [0.29, 0.717) is 16.7 Å². The van der Waals surface area contributed by atoms with Crippen LogP contribution in [0.1, 0.15) is 10.5 Å². The summed E-state index contributed by atoms with van der Waals surface area (Å²) in [5, 5.41) is 5.87. The summed E-state index contributed by atoms with van der Waals surface area (Å²) in [6.07, 6.45) is 1.53. The van der Waals surface area contributed by atoms with Gasteiger partial charge in [-0.05, 0) is 33.6 Å². The topological polar surface area (TPSA) is 90.8 Å². The summed E-state index contributed by atoms with van der Waals surface area (Å²) in [7, 11) is 0. The molecule has 0 aromatic carbocycles. The van der Waals surface area contributed by atoms with E-state index < -0.39 is 0 Å². The number of hydrogen-bond donors (Lipinski definition) is 1. The van der Waals surface area contributed by atoms with Crippen LogP contribution in [-0.4, -0.2) is 24.0 Å². The van der Waals surface area contributed by atoms with E-state index in [1.54, 1.807) is 12.1 Å². The van der Waals surface area contributed by atoms with Gasteiger partial charge in [-0.2, -0.15) is 0 Å². The molecule has 0 fully saturated rings. The van der Waals surface area contributed by atoms with E-state index in [9.17, 15) is 4.79 Å². The largest absolute Gasteiger partial charge is 0.351 e. The van der Waals surface area contributed by atoms with Crippen molar-refractivity contribution in [3.8, 4) is 0 Å². The summed E-state index contributed by atoms with van der Waals surface area (Å²) in [6, 6.07) is 3.45. The summed E-state index contributed by atoms with van der Waals surface area (Å²) in [5.74, 6) is -0.296. The second-order valence-corrected chi connectivity index (χ2v) is 3.40. The molecule has 0 radical (unpaired) electrons. The van der Waals surface area contributed by atoms with Crippen molar-refractivity contribution >= 4 is 21.8 Å². The minimum absolute atomic E-state index is 0.229. The number of pyridine rings is 1. The Hall–Kier alpha value is -1.59. The SMILES string of the molecule is [N-]=[N+]=NCCNC(=O)c1ncccc1Br. The standard InChI is InChI=1S/C8H8BrN5O/c9-6-2-1-3-11-7(6)8(15)12-4-5-13-14-10/h1-3H,4-5H2,(H,12,15). The Morgan fingerprint density at radius 1 is 1.73 bits per heavy atom. The first-order chi connectivity index (χ1) is 7.25. The highest BCUT2D eigenvalue weighted by Gasteiger charge is 2.09. The summed E-state index contributed by atoms with van der Waals surface area (Å²) in [5.41, 5.74) is 8.34. The van der Waals surface area contributed by atoms with E-state index in [1.807, 2.05) is 0 Å². The van der Waals surface area contributed by atoms with E-state index in [-0.39, 0.29) is 12.5 Å². The Morgan fingerprint density at radius 2 is 2.53 bits per heavy atom. The molecule has 0 atom stereocenters. The van der Waals surface area contributed by atoms with Gasteiger partial charge in [-0.15, -0.1) is 0 Å². The molecule has 1 rings (SSSR count). The van der Waals surface area contributed by atoms with Crippen molar-refractivity contribution < 1.29 is 4.79 Å². The lowest BCUT2D eigenvalue weighted by Gasteiger charge is -2.03. The molecule has 1 N–H and O–H groups in total. The molecule has 78 valence electrons. The molecule has 0 unspecified atom stereocenters. The van der Waals surface area contributed by atoms with Crippen molar-refractivity contribution in [2.45, 2.75) is 0 Å². The maximum absolute atomic E-state index is 11.5. The second kappa shape index (κ2) is 6.00. The molecule has 0 aliphatic carbocycles. The van der Waals surface area contributed by atoms with Gasteiger partial charge in [-0.1, -0.05) is 5.11 Å². The quantitative estimate of drug-likeness (QED) is 0.391. The number of aromatic nitrogens is 1. The molecule has 0 bridgehead atoms. The first-order valence-electron chi connectivity index (χ1n) is 4.15. The van der Waals surface area contributed by atoms with E-state index in [1.165, 1.54) is 6.20 Å². The zero-order valence-corrected chi connectivity index (χ0v) is 9.31. The number of nitrogens with one attached hydrogen (secondary N) is 1. The number of azide groups is 1. The lowest BCUT2D eigenvalue weighted by atomic mass is 10.3. The van der Waals surface area contributed by atoms with Gasteiger partial charge in [0.25, 0.3) is 5.91 Å². The van der Waals surface area contributed by atoms with Crippen LogP contribution in [0, 0.1) is 0 Å². The maximum atomic E-state index is 11.5. The van der Waals surface area contributed by atoms with Crippen molar-refractivity contribution in [1.29, 1.82) is 0 Å². The number of carbonyl (C=O) groups excluding carboxylic acids is 1. The molecule has 0 aliphatic rings. The van der Waals surface area contributed by atoms with E-state index in [0.717, 1.165) is 0 Å². The lowest BCUT2D eigenvalue weighted by molar-refractivity contribution is 0.0949. The maximum Gasteiger partial charge on any atom is 0.271 e.